The van der Waals surface area contributed by atoms with Crippen molar-refractivity contribution in [3.63, 3.8) is 0 Å². The highest BCUT2D eigenvalue weighted by molar-refractivity contribution is 7.92. The zero-order valence-electron chi connectivity index (χ0n) is 11.5. The van der Waals surface area contributed by atoms with E-state index in [2.05, 4.69) is 5.32 Å². The molecule has 0 aliphatic carbocycles. The Morgan fingerprint density at radius 1 is 1.00 bits per heavy atom. The number of hydrogen-bond acceptors (Lipinski definition) is 4. The van der Waals surface area contributed by atoms with Gasteiger partial charge in [-0.3, -0.25) is 4.79 Å². The van der Waals surface area contributed by atoms with Gasteiger partial charge < -0.3 is 11.1 Å². The fraction of sp³-hybridized carbons (Fsp3) is 0.0714. The smallest absolute Gasteiger partial charge is 0.396 e. The molecule has 2 aromatic rings. The summed E-state index contributed by atoms with van der Waals surface area (Å²) in [7, 11) is -5.61. The molecule has 1 amide bonds. The van der Waals surface area contributed by atoms with Gasteiger partial charge in [-0.1, -0.05) is 24.3 Å². The molecule has 0 spiro atoms. The van der Waals surface area contributed by atoms with E-state index in [0.717, 1.165) is 12.1 Å². The first-order valence-electron chi connectivity index (χ1n) is 6.21. The standard InChI is InChI=1S/C14H11F3N2O3S/c15-14(16,17)23(21,22)11-8-4-7-10(12(11)18)19-13(20)9-5-2-1-3-6-9/h1-8H,18H2,(H,19,20). The Hall–Kier alpha value is -2.55. The van der Waals surface area contributed by atoms with Crippen molar-refractivity contribution in [1.29, 1.82) is 0 Å². The van der Waals surface area contributed by atoms with Gasteiger partial charge in [0.25, 0.3) is 15.7 Å². The maximum absolute atomic E-state index is 12.6. The SMILES string of the molecule is Nc1c(NC(=O)c2ccccc2)cccc1S(=O)(=O)C(F)(F)F. The predicted molar refractivity (Wildman–Crippen MR) is 78.5 cm³/mol. The van der Waals surface area contributed by atoms with Gasteiger partial charge in [0, 0.05) is 5.56 Å². The van der Waals surface area contributed by atoms with Gasteiger partial charge in [0.05, 0.1) is 11.4 Å². The zero-order chi connectivity index (χ0) is 17.3. The van der Waals surface area contributed by atoms with Gasteiger partial charge in [-0.05, 0) is 24.3 Å². The molecule has 2 rings (SSSR count). The average molecular weight is 344 g/mol. The zero-order valence-corrected chi connectivity index (χ0v) is 12.3. The van der Waals surface area contributed by atoms with Gasteiger partial charge in [-0.15, -0.1) is 0 Å². The molecule has 5 nitrogen and oxygen atoms in total. The highest BCUT2D eigenvalue weighted by atomic mass is 32.2. The molecular weight excluding hydrogens is 333 g/mol. The third-order valence-corrected chi connectivity index (χ3v) is 4.49. The number of halogens is 3. The van der Waals surface area contributed by atoms with Crippen molar-refractivity contribution in [2.45, 2.75) is 10.4 Å². The normalized spacial score (nSPS) is 12.0. The fourth-order valence-electron chi connectivity index (χ4n) is 1.80. The molecule has 0 aliphatic heterocycles. The number of hydrogen-bond donors (Lipinski definition) is 2. The topological polar surface area (TPSA) is 89.3 Å². The monoisotopic (exact) mass is 344 g/mol. The van der Waals surface area contributed by atoms with Gasteiger partial charge >= 0.3 is 5.51 Å². The first kappa shape index (κ1) is 16.8. The molecule has 9 heteroatoms. The number of nitrogen functional groups attached to an aromatic ring is 1. The molecule has 122 valence electrons. The van der Waals surface area contributed by atoms with E-state index in [4.69, 9.17) is 5.73 Å². The molecule has 2 aromatic carbocycles. The van der Waals surface area contributed by atoms with E-state index in [1.165, 1.54) is 18.2 Å². The number of amides is 1. The van der Waals surface area contributed by atoms with Crippen LogP contribution >= 0.6 is 0 Å². The maximum Gasteiger partial charge on any atom is 0.501 e. The van der Waals surface area contributed by atoms with Crippen molar-refractivity contribution in [3.05, 3.63) is 54.1 Å². The van der Waals surface area contributed by atoms with Crippen LogP contribution in [0.5, 0.6) is 0 Å². The van der Waals surface area contributed by atoms with Crippen molar-refractivity contribution < 1.29 is 26.4 Å². The number of alkyl halides is 3. The first-order chi connectivity index (χ1) is 10.6. The molecule has 0 saturated heterocycles. The minimum Gasteiger partial charge on any atom is -0.396 e. The summed E-state index contributed by atoms with van der Waals surface area (Å²) in [5.74, 6) is -0.626. The summed E-state index contributed by atoms with van der Waals surface area (Å²) in [4.78, 5) is 10.9. The van der Waals surface area contributed by atoms with Crippen molar-refractivity contribution in [2.24, 2.45) is 0 Å². The molecule has 23 heavy (non-hydrogen) atoms. The Kier molecular flexibility index (Phi) is 4.33. The maximum atomic E-state index is 12.6. The molecule has 3 N–H and O–H groups in total. The number of para-hydroxylation sites is 1. The van der Waals surface area contributed by atoms with Crippen molar-refractivity contribution in [1.82, 2.24) is 0 Å². The Morgan fingerprint density at radius 2 is 1.61 bits per heavy atom. The number of sulfone groups is 1. The van der Waals surface area contributed by atoms with Crippen molar-refractivity contribution >= 4 is 27.1 Å². The minimum absolute atomic E-state index is 0.218. The Bertz CT molecular complexity index is 834. The van der Waals surface area contributed by atoms with Crippen LogP contribution in [-0.2, 0) is 9.84 Å². The highest BCUT2D eigenvalue weighted by Crippen LogP contribution is 2.36. The molecule has 0 radical (unpaired) electrons. The number of carbonyl (C=O) groups excluding carboxylic acids is 1. The van der Waals surface area contributed by atoms with E-state index in [0.29, 0.717) is 0 Å². The van der Waals surface area contributed by atoms with E-state index in [1.54, 1.807) is 18.2 Å². The summed E-state index contributed by atoms with van der Waals surface area (Å²) in [5, 5.41) is 2.29. The second kappa shape index (κ2) is 5.92. The Balaban J connectivity index is 2.40. The summed E-state index contributed by atoms with van der Waals surface area (Å²) < 4.78 is 60.8. The summed E-state index contributed by atoms with van der Waals surface area (Å²) >= 11 is 0. The van der Waals surface area contributed by atoms with Gasteiger partial charge in [-0.2, -0.15) is 13.2 Å². The summed E-state index contributed by atoms with van der Waals surface area (Å²) in [6.07, 6.45) is 0. The van der Waals surface area contributed by atoms with Crippen LogP contribution in [0.15, 0.2) is 53.4 Å². The molecule has 0 heterocycles. The second-order valence-corrected chi connectivity index (χ2v) is 6.40. The molecular formula is C14H11F3N2O3S. The third kappa shape index (κ3) is 3.29. The number of nitrogens with two attached hydrogens (primary N) is 1. The third-order valence-electron chi connectivity index (χ3n) is 2.94. The summed E-state index contributed by atoms with van der Waals surface area (Å²) in [5.41, 5.74) is -0.629. The lowest BCUT2D eigenvalue weighted by atomic mass is 10.2. The van der Waals surface area contributed by atoms with E-state index in [-0.39, 0.29) is 11.3 Å². The molecule has 0 fully saturated rings. The van der Waals surface area contributed by atoms with Crippen LogP contribution in [0.1, 0.15) is 10.4 Å². The number of carbonyl (C=O) groups is 1. The number of anilines is 2. The van der Waals surface area contributed by atoms with E-state index >= 15 is 0 Å². The lowest BCUT2D eigenvalue weighted by Gasteiger charge is -2.14. The van der Waals surface area contributed by atoms with Crippen LogP contribution in [0.4, 0.5) is 24.5 Å². The van der Waals surface area contributed by atoms with Gasteiger partial charge in [-0.25, -0.2) is 8.42 Å². The molecule has 0 atom stereocenters. The minimum atomic E-state index is -5.61. The summed E-state index contributed by atoms with van der Waals surface area (Å²) in [6, 6.07) is 10.9. The van der Waals surface area contributed by atoms with E-state index in [9.17, 15) is 26.4 Å². The molecule has 0 aromatic heterocycles. The van der Waals surface area contributed by atoms with Gasteiger partial charge in [0.1, 0.15) is 4.90 Å². The lowest BCUT2D eigenvalue weighted by molar-refractivity contribution is -0.0435. The van der Waals surface area contributed by atoms with Crippen LogP contribution in [0, 0.1) is 0 Å². The number of nitrogens with one attached hydrogen (secondary N) is 1. The number of benzene rings is 2. The predicted octanol–water partition coefficient (Wildman–Crippen LogP) is 2.81. The summed E-state index contributed by atoms with van der Waals surface area (Å²) in [6.45, 7) is 0. The van der Waals surface area contributed by atoms with E-state index < -0.39 is 31.8 Å². The lowest BCUT2D eigenvalue weighted by Crippen LogP contribution is -2.24. The van der Waals surface area contributed by atoms with Gasteiger partial charge in [0.15, 0.2) is 0 Å². The van der Waals surface area contributed by atoms with Crippen LogP contribution in [-0.4, -0.2) is 19.8 Å². The van der Waals surface area contributed by atoms with E-state index in [1.807, 2.05) is 0 Å². The Labute approximate surface area is 129 Å². The van der Waals surface area contributed by atoms with Crippen molar-refractivity contribution in [2.75, 3.05) is 11.1 Å². The fourth-order valence-corrected chi connectivity index (χ4v) is 2.70. The number of rotatable bonds is 3. The first-order valence-corrected chi connectivity index (χ1v) is 7.69. The highest BCUT2D eigenvalue weighted by Gasteiger charge is 2.48. The second-order valence-electron chi connectivity index (χ2n) is 4.49. The van der Waals surface area contributed by atoms with Gasteiger partial charge in [0.2, 0.25) is 0 Å². The molecule has 0 saturated carbocycles. The molecule has 0 aliphatic rings. The average Bonchev–Trinajstić information content (AvgIpc) is 2.49. The quantitative estimate of drug-likeness (QED) is 0.838. The molecule has 0 unspecified atom stereocenters. The Morgan fingerprint density at radius 3 is 2.17 bits per heavy atom. The van der Waals surface area contributed by atoms with Crippen LogP contribution in [0.3, 0.4) is 0 Å². The largest absolute Gasteiger partial charge is 0.501 e. The van der Waals surface area contributed by atoms with Crippen LogP contribution < -0.4 is 11.1 Å². The van der Waals surface area contributed by atoms with Crippen LogP contribution in [0.25, 0.3) is 0 Å². The van der Waals surface area contributed by atoms with Crippen molar-refractivity contribution in [3.8, 4) is 0 Å². The molecule has 0 bridgehead atoms. The van der Waals surface area contributed by atoms with Crippen LogP contribution in [0.2, 0.25) is 0 Å².